The van der Waals surface area contributed by atoms with E-state index >= 15 is 0 Å². The van der Waals surface area contributed by atoms with Gasteiger partial charge in [0.25, 0.3) is 0 Å². The second kappa shape index (κ2) is 2.98. The molecule has 14 heavy (non-hydrogen) atoms. The van der Waals surface area contributed by atoms with Crippen molar-refractivity contribution in [3.63, 3.8) is 0 Å². The molecule has 0 heteroatoms. The van der Waals surface area contributed by atoms with E-state index in [1.807, 2.05) is 0 Å². The zero-order valence-electron chi connectivity index (χ0n) is 8.72. The molecule has 1 atom stereocenters. The first-order valence-electron chi connectivity index (χ1n) is 5.63. The molecule has 0 bridgehead atoms. The summed E-state index contributed by atoms with van der Waals surface area (Å²) in [5.41, 5.74) is 6.43. The van der Waals surface area contributed by atoms with Crippen molar-refractivity contribution in [1.29, 1.82) is 0 Å². The number of rotatable bonds is 0. The molecule has 0 nitrogen and oxygen atoms in total. The second-order valence-electron chi connectivity index (χ2n) is 4.59. The fourth-order valence-electron chi connectivity index (χ4n) is 3.08. The van der Waals surface area contributed by atoms with Gasteiger partial charge in [0.15, 0.2) is 0 Å². The Hall–Kier alpha value is -1.04. The minimum absolute atomic E-state index is 0.778. The predicted octanol–water partition coefficient (Wildman–Crippen LogP) is 3.75. The third-order valence-corrected chi connectivity index (χ3v) is 3.71. The van der Waals surface area contributed by atoms with Gasteiger partial charge in [-0.3, -0.25) is 0 Å². The van der Waals surface area contributed by atoms with Crippen LogP contribution in [0.15, 0.2) is 29.8 Å². The summed E-state index contributed by atoms with van der Waals surface area (Å²) in [5, 5.41) is 0. The maximum absolute atomic E-state index is 2.48. The Balaban J connectivity index is 2.16. The van der Waals surface area contributed by atoms with Gasteiger partial charge >= 0.3 is 0 Å². The first kappa shape index (κ1) is 8.28. The third kappa shape index (κ3) is 1.06. The van der Waals surface area contributed by atoms with Crippen LogP contribution in [0.4, 0.5) is 0 Å². The SMILES string of the molecule is Cc1cccc2c1C1CCCC=C1C2. The topological polar surface area (TPSA) is 0 Å². The summed E-state index contributed by atoms with van der Waals surface area (Å²) in [4.78, 5) is 0. The molecular weight excluding hydrogens is 168 g/mol. The summed E-state index contributed by atoms with van der Waals surface area (Å²) in [5.74, 6) is 0.778. The normalized spacial score (nSPS) is 24.1. The van der Waals surface area contributed by atoms with Gasteiger partial charge in [0.2, 0.25) is 0 Å². The number of fused-ring (bicyclic) bond motifs is 3. The Labute approximate surface area is 85.6 Å². The third-order valence-electron chi connectivity index (χ3n) is 3.71. The van der Waals surface area contributed by atoms with E-state index in [2.05, 4.69) is 31.2 Å². The van der Waals surface area contributed by atoms with Gasteiger partial charge in [-0.25, -0.2) is 0 Å². The number of hydrogen-bond donors (Lipinski definition) is 0. The van der Waals surface area contributed by atoms with Crippen LogP contribution >= 0.6 is 0 Å². The smallest absolute Gasteiger partial charge is 0.00570 e. The van der Waals surface area contributed by atoms with Crippen LogP contribution in [-0.2, 0) is 6.42 Å². The van der Waals surface area contributed by atoms with E-state index in [0.717, 1.165) is 5.92 Å². The highest BCUT2D eigenvalue weighted by Gasteiger charge is 2.29. The molecule has 0 radical (unpaired) electrons. The highest BCUT2D eigenvalue weighted by Crippen LogP contribution is 2.44. The molecule has 0 saturated heterocycles. The van der Waals surface area contributed by atoms with Gasteiger partial charge < -0.3 is 0 Å². The van der Waals surface area contributed by atoms with Crippen LogP contribution in [0.25, 0.3) is 0 Å². The minimum Gasteiger partial charge on any atom is -0.0844 e. The van der Waals surface area contributed by atoms with E-state index in [4.69, 9.17) is 0 Å². The molecule has 1 aromatic rings. The van der Waals surface area contributed by atoms with E-state index in [9.17, 15) is 0 Å². The maximum Gasteiger partial charge on any atom is 0.00570 e. The Morgan fingerprint density at radius 3 is 3.14 bits per heavy atom. The molecule has 2 aliphatic rings. The quantitative estimate of drug-likeness (QED) is 0.539. The summed E-state index contributed by atoms with van der Waals surface area (Å²) in [6, 6.07) is 6.77. The van der Waals surface area contributed by atoms with Crippen LogP contribution in [-0.4, -0.2) is 0 Å². The standard InChI is InChI=1S/C14H16/c1-10-5-4-7-12-9-11-6-2-3-8-13(11)14(10)12/h4-7,13H,2-3,8-9H2,1H3. The number of allylic oxidation sites excluding steroid dienone is 2. The van der Waals surface area contributed by atoms with E-state index in [0.29, 0.717) is 0 Å². The fourth-order valence-corrected chi connectivity index (χ4v) is 3.08. The van der Waals surface area contributed by atoms with Crippen LogP contribution in [0.3, 0.4) is 0 Å². The van der Waals surface area contributed by atoms with Crippen LogP contribution in [0.2, 0.25) is 0 Å². The van der Waals surface area contributed by atoms with Crippen molar-refractivity contribution >= 4 is 0 Å². The largest absolute Gasteiger partial charge is 0.0844 e. The van der Waals surface area contributed by atoms with Crippen molar-refractivity contribution < 1.29 is 0 Å². The lowest BCUT2D eigenvalue weighted by Crippen LogP contribution is -2.02. The van der Waals surface area contributed by atoms with Crippen LogP contribution in [0.5, 0.6) is 0 Å². The Morgan fingerprint density at radius 1 is 1.29 bits per heavy atom. The number of benzene rings is 1. The molecule has 0 fully saturated rings. The summed E-state index contributed by atoms with van der Waals surface area (Å²) < 4.78 is 0. The molecule has 3 rings (SSSR count). The van der Waals surface area contributed by atoms with Crippen molar-refractivity contribution in [2.45, 2.75) is 38.5 Å². The summed E-state index contributed by atoms with van der Waals surface area (Å²) in [6.07, 6.45) is 7.76. The molecule has 0 spiro atoms. The lowest BCUT2D eigenvalue weighted by Gasteiger charge is -2.19. The molecule has 1 aromatic carbocycles. The lowest BCUT2D eigenvalue weighted by atomic mass is 9.86. The van der Waals surface area contributed by atoms with E-state index in [1.165, 1.54) is 31.2 Å². The first-order chi connectivity index (χ1) is 6.86. The molecule has 0 amide bonds. The average molecular weight is 184 g/mol. The monoisotopic (exact) mass is 184 g/mol. The Bertz CT molecular complexity index is 398. The van der Waals surface area contributed by atoms with Gasteiger partial charge in [-0.15, -0.1) is 0 Å². The van der Waals surface area contributed by atoms with E-state index < -0.39 is 0 Å². The average Bonchev–Trinajstić information content (AvgIpc) is 2.57. The number of hydrogen-bond acceptors (Lipinski definition) is 0. The highest BCUT2D eigenvalue weighted by atomic mass is 14.3. The van der Waals surface area contributed by atoms with Crippen LogP contribution < -0.4 is 0 Å². The lowest BCUT2D eigenvalue weighted by molar-refractivity contribution is 0.632. The number of aryl methyl sites for hydroxylation is 1. The van der Waals surface area contributed by atoms with Crippen LogP contribution in [0.1, 0.15) is 41.9 Å². The molecule has 0 aromatic heterocycles. The summed E-state index contributed by atoms with van der Waals surface area (Å²) in [6.45, 7) is 2.26. The minimum atomic E-state index is 0.778. The highest BCUT2D eigenvalue weighted by molar-refractivity contribution is 5.50. The van der Waals surface area contributed by atoms with E-state index in [1.54, 1.807) is 16.7 Å². The van der Waals surface area contributed by atoms with Crippen molar-refractivity contribution in [1.82, 2.24) is 0 Å². The molecule has 0 saturated carbocycles. The molecular formula is C14H16. The van der Waals surface area contributed by atoms with Crippen molar-refractivity contribution in [3.05, 3.63) is 46.5 Å². The van der Waals surface area contributed by atoms with Crippen molar-refractivity contribution in [2.24, 2.45) is 0 Å². The predicted molar refractivity (Wildman–Crippen MR) is 59.6 cm³/mol. The zero-order chi connectivity index (χ0) is 9.54. The van der Waals surface area contributed by atoms with Crippen molar-refractivity contribution in [3.8, 4) is 0 Å². The molecule has 1 unspecified atom stereocenters. The van der Waals surface area contributed by atoms with E-state index in [-0.39, 0.29) is 0 Å². The van der Waals surface area contributed by atoms with Crippen LogP contribution in [0, 0.1) is 6.92 Å². The first-order valence-corrected chi connectivity index (χ1v) is 5.63. The Morgan fingerprint density at radius 2 is 2.21 bits per heavy atom. The van der Waals surface area contributed by atoms with Gasteiger partial charge in [0.05, 0.1) is 0 Å². The van der Waals surface area contributed by atoms with Gasteiger partial charge in [-0.2, -0.15) is 0 Å². The van der Waals surface area contributed by atoms with Gasteiger partial charge in [0, 0.05) is 5.92 Å². The zero-order valence-corrected chi connectivity index (χ0v) is 8.72. The van der Waals surface area contributed by atoms with Gasteiger partial charge in [-0.1, -0.05) is 29.8 Å². The fraction of sp³-hybridized carbons (Fsp3) is 0.429. The maximum atomic E-state index is 2.48. The molecule has 72 valence electrons. The van der Waals surface area contributed by atoms with Gasteiger partial charge in [0.1, 0.15) is 0 Å². The van der Waals surface area contributed by atoms with Crippen molar-refractivity contribution in [2.75, 3.05) is 0 Å². The molecule has 0 heterocycles. The van der Waals surface area contributed by atoms with Gasteiger partial charge in [-0.05, 0) is 49.3 Å². The second-order valence-corrected chi connectivity index (χ2v) is 4.59. The Kier molecular flexibility index (Phi) is 1.76. The molecule has 0 aliphatic heterocycles. The summed E-state index contributed by atoms with van der Waals surface area (Å²) in [7, 11) is 0. The molecule has 2 aliphatic carbocycles. The molecule has 0 N–H and O–H groups in total. The summed E-state index contributed by atoms with van der Waals surface area (Å²) >= 11 is 0.